The Morgan fingerprint density at radius 1 is 0.600 bits per heavy atom. The Hall–Kier alpha value is 0.0300. The van der Waals surface area contributed by atoms with E-state index in [2.05, 4.69) is 60.7 Å². The third-order valence-electron chi connectivity index (χ3n) is 4.59. The number of rotatable bonds is 15. The standard InChI is InChI=1S/2C11H26N.CH5O4P/c2*1-5-6-7-8-9-10-11-12(2,3)4;1-5-6(2,3)4/h2*5-11H2,1-4H3;1H3,(H2,2,3,4)/q2*+1;/p-2. The maximum atomic E-state index is 9.25. The van der Waals surface area contributed by atoms with E-state index in [9.17, 15) is 14.4 Å². The van der Waals surface area contributed by atoms with Gasteiger partial charge in [0.2, 0.25) is 0 Å². The van der Waals surface area contributed by atoms with E-state index in [-0.39, 0.29) is 0 Å². The zero-order chi connectivity index (χ0) is 24.1. The molecule has 7 heteroatoms. The van der Waals surface area contributed by atoms with Crippen LogP contribution in [-0.2, 0) is 9.09 Å². The van der Waals surface area contributed by atoms with Crippen molar-refractivity contribution in [1.82, 2.24) is 0 Å². The fourth-order valence-electron chi connectivity index (χ4n) is 2.73. The summed E-state index contributed by atoms with van der Waals surface area (Å²) < 4.78 is 14.9. The first-order valence-electron chi connectivity index (χ1n) is 11.9. The molecule has 0 aromatic carbocycles. The number of phosphoric ester groups is 1. The fourth-order valence-corrected chi connectivity index (χ4v) is 2.73. The Morgan fingerprint density at radius 2 is 0.833 bits per heavy atom. The first kappa shape index (κ1) is 34.6. The SMILES string of the molecule is CCCCCCCC[N+](C)(C)C.CCCCCCCC[N+](C)(C)C.COP(=O)([O-])[O-]. The summed E-state index contributed by atoms with van der Waals surface area (Å²) in [6, 6.07) is 0. The number of phosphoric acid groups is 1. The minimum absolute atomic E-state index is 0.820. The molecule has 0 saturated heterocycles. The second kappa shape index (κ2) is 20.9. The lowest BCUT2D eigenvalue weighted by Crippen LogP contribution is -2.35. The average Bonchev–Trinajstić information content (AvgIpc) is 2.60. The summed E-state index contributed by atoms with van der Waals surface area (Å²) in [4.78, 5) is 18.5. The number of unbranched alkanes of at least 4 members (excludes halogenated alkanes) is 10. The largest absolute Gasteiger partial charge is 0.790 e. The number of quaternary nitrogens is 2. The molecule has 0 amide bonds. The monoisotopic (exact) mass is 454 g/mol. The summed E-state index contributed by atoms with van der Waals surface area (Å²) in [5.41, 5.74) is 0. The molecule has 0 heterocycles. The minimum atomic E-state index is -4.65. The van der Waals surface area contributed by atoms with Crippen LogP contribution >= 0.6 is 7.82 Å². The molecule has 0 radical (unpaired) electrons. The second-order valence-corrected chi connectivity index (χ2v) is 11.5. The molecular weight excluding hydrogens is 399 g/mol. The molecule has 0 spiro atoms. The third kappa shape index (κ3) is 46.3. The molecule has 0 aromatic rings. The van der Waals surface area contributed by atoms with Gasteiger partial charge in [-0.1, -0.05) is 65.2 Å². The molecule has 0 aliphatic rings. The number of hydrogen-bond donors (Lipinski definition) is 0. The molecule has 0 unspecified atom stereocenters. The topological polar surface area (TPSA) is 72.4 Å². The molecule has 0 aromatic heterocycles. The van der Waals surface area contributed by atoms with Gasteiger partial charge in [0.15, 0.2) is 0 Å². The minimum Gasteiger partial charge on any atom is -0.790 e. The van der Waals surface area contributed by atoms with E-state index in [1.54, 1.807) is 0 Å². The van der Waals surface area contributed by atoms with Crippen LogP contribution in [0.2, 0.25) is 0 Å². The molecule has 0 aliphatic carbocycles. The Labute approximate surface area is 189 Å². The average molecular weight is 455 g/mol. The summed E-state index contributed by atoms with van der Waals surface area (Å²) in [6.45, 7) is 7.19. The van der Waals surface area contributed by atoms with E-state index in [1.165, 1.54) is 90.1 Å². The molecule has 0 rings (SSSR count). The van der Waals surface area contributed by atoms with Crippen LogP contribution in [0.25, 0.3) is 0 Å². The van der Waals surface area contributed by atoms with Crippen molar-refractivity contribution < 1.29 is 27.8 Å². The van der Waals surface area contributed by atoms with Crippen LogP contribution in [-0.4, -0.2) is 71.5 Å². The fraction of sp³-hybridized carbons (Fsp3) is 1.00. The molecule has 0 N–H and O–H groups in total. The van der Waals surface area contributed by atoms with Gasteiger partial charge in [-0.05, 0) is 25.7 Å². The van der Waals surface area contributed by atoms with Gasteiger partial charge < -0.3 is 27.8 Å². The Morgan fingerprint density at radius 3 is 1.03 bits per heavy atom. The van der Waals surface area contributed by atoms with Crippen LogP contribution in [0.15, 0.2) is 0 Å². The highest BCUT2D eigenvalue weighted by molar-refractivity contribution is 7.43. The maximum Gasteiger partial charge on any atom is 0.0780 e. The summed E-state index contributed by atoms with van der Waals surface area (Å²) in [5.74, 6) is 0. The predicted molar refractivity (Wildman–Crippen MR) is 127 cm³/mol. The highest BCUT2D eigenvalue weighted by Gasteiger charge is 2.05. The van der Waals surface area contributed by atoms with Crippen LogP contribution in [0, 0.1) is 0 Å². The predicted octanol–water partition coefficient (Wildman–Crippen LogP) is 4.57. The van der Waals surface area contributed by atoms with E-state index in [1.807, 2.05) is 0 Å². The summed E-state index contributed by atoms with van der Waals surface area (Å²) in [7, 11) is 9.79. The van der Waals surface area contributed by atoms with Gasteiger partial charge in [0.25, 0.3) is 0 Å². The van der Waals surface area contributed by atoms with Gasteiger partial charge in [0.1, 0.15) is 0 Å². The zero-order valence-corrected chi connectivity index (χ0v) is 22.8. The van der Waals surface area contributed by atoms with E-state index in [4.69, 9.17) is 0 Å². The molecule has 30 heavy (non-hydrogen) atoms. The second-order valence-electron chi connectivity index (χ2n) is 10.2. The van der Waals surface area contributed by atoms with Crippen molar-refractivity contribution in [2.45, 2.75) is 90.9 Å². The lowest BCUT2D eigenvalue weighted by molar-refractivity contribution is -0.870. The van der Waals surface area contributed by atoms with Gasteiger partial charge in [-0.25, -0.2) is 0 Å². The molecule has 0 bridgehead atoms. The molecule has 0 fully saturated rings. The molecule has 0 atom stereocenters. The van der Waals surface area contributed by atoms with Crippen LogP contribution in [0.3, 0.4) is 0 Å². The van der Waals surface area contributed by atoms with Gasteiger partial charge >= 0.3 is 0 Å². The van der Waals surface area contributed by atoms with Crippen molar-refractivity contribution in [3.63, 3.8) is 0 Å². The number of hydrogen-bond acceptors (Lipinski definition) is 4. The van der Waals surface area contributed by atoms with Crippen molar-refractivity contribution in [1.29, 1.82) is 0 Å². The van der Waals surface area contributed by atoms with E-state index < -0.39 is 7.82 Å². The van der Waals surface area contributed by atoms with Gasteiger partial charge in [0, 0.05) is 7.11 Å². The van der Waals surface area contributed by atoms with Crippen molar-refractivity contribution >= 4 is 7.82 Å². The van der Waals surface area contributed by atoms with E-state index >= 15 is 0 Å². The molecule has 186 valence electrons. The molecule has 0 saturated carbocycles. The summed E-state index contributed by atoms with van der Waals surface area (Å²) >= 11 is 0. The number of nitrogens with zero attached hydrogens (tertiary/aromatic N) is 2. The summed E-state index contributed by atoms with van der Waals surface area (Å²) in [5, 5.41) is 0. The quantitative estimate of drug-likeness (QED) is 0.206. The molecule has 0 aliphatic heterocycles. The van der Waals surface area contributed by atoms with Gasteiger partial charge in [0.05, 0.1) is 63.2 Å². The van der Waals surface area contributed by atoms with E-state index in [0.717, 1.165) is 16.1 Å². The van der Waals surface area contributed by atoms with Crippen molar-refractivity contribution in [3.8, 4) is 0 Å². The first-order valence-corrected chi connectivity index (χ1v) is 13.3. The van der Waals surface area contributed by atoms with Crippen LogP contribution in [0.1, 0.15) is 90.9 Å². The summed E-state index contributed by atoms with van der Waals surface area (Å²) in [6.07, 6.45) is 17.0. The Balaban J connectivity index is -0.000000386. The van der Waals surface area contributed by atoms with E-state index in [0.29, 0.717) is 0 Å². The normalized spacial score (nSPS) is 12.0. The highest BCUT2D eigenvalue weighted by Crippen LogP contribution is 2.21. The maximum absolute atomic E-state index is 9.25. The van der Waals surface area contributed by atoms with Crippen LogP contribution in [0.4, 0.5) is 0 Å². The van der Waals surface area contributed by atoms with Crippen LogP contribution in [0.5, 0.6) is 0 Å². The third-order valence-corrected chi connectivity index (χ3v) is 5.04. The molecule has 6 nitrogen and oxygen atoms in total. The zero-order valence-electron chi connectivity index (χ0n) is 21.9. The Bertz CT molecular complexity index is 362. The molecular formula is C23H55N2O4P. The van der Waals surface area contributed by atoms with Crippen molar-refractivity contribution in [3.05, 3.63) is 0 Å². The van der Waals surface area contributed by atoms with Gasteiger partial charge in [-0.2, -0.15) is 0 Å². The Kier molecular flexibility index (Phi) is 24.1. The smallest absolute Gasteiger partial charge is 0.0780 e. The van der Waals surface area contributed by atoms with Gasteiger partial charge in [-0.3, -0.25) is 0 Å². The van der Waals surface area contributed by atoms with Crippen molar-refractivity contribution in [2.24, 2.45) is 0 Å². The van der Waals surface area contributed by atoms with Crippen molar-refractivity contribution in [2.75, 3.05) is 62.5 Å². The first-order chi connectivity index (χ1) is 13.7. The lowest BCUT2D eigenvalue weighted by atomic mass is 10.1. The van der Waals surface area contributed by atoms with Crippen LogP contribution < -0.4 is 9.79 Å². The van der Waals surface area contributed by atoms with Gasteiger partial charge in [-0.15, -0.1) is 0 Å². The highest BCUT2D eigenvalue weighted by atomic mass is 31.2. The lowest BCUT2D eigenvalue weighted by Gasteiger charge is -2.25.